The van der Waals surface area contributed by atoms with E-state index in [9.17, 15) is 13.5 Å². The van der Waals surface area contributed by atoms with Gasteiger partial charge in [0.1, 0.15) is 11.3 Å². The van der Waals surface area contributed by atoms with E-state index in [1.807, 2.05) is 13.8 Å². The van der Waals surface area contributed by atoms with Crippen molar-refractivity contribution in [2.24, 2.45) is 5.92 Å². The predicted octanol–water partition coefficient (Wildman–Crippen LogP) is 2.38. The summed E-state index contributed by atoms with van der Waals surface area (Å²) in [5, 5.41) is 17.2. The monoisotopic (exact) mass is 386 g/mol. The average molecular weight is 386 g/mol. The third kappa shape index (κ3) is 4.21. The Bertz CT molecular complexity index is 1130. The second-order valence-electron chi connectivity index (χ2n) is 7.39. The Balaban J connectivity index is 2.23. The zero-order valence-corrected chi connectivity index (χ0v) is 16.5. The van der Waals surface area contributed by atoms with Crippen molar-refractivity contribution in [1.82, 2.24) is 19.2 Å². The molecule has 27 heavy (non-hydrogen) atoms. The molecule has 7 nitrogen and oxygen atoms in total. The number of aromatic nitrogens is 4. The van der Waals surface area contributed by atoms with Crippen LogP contribution in [0.25, 0.3) is 22.0 Å². The van der Waals surface area contributed by atoms with Gasteiger partial charge in [-0.3, -0.25) is 5.10 Å². The van der Waals surface area contributed by atoms with Crippen molar-refractivity contribution >= 4 is 20.9 Å². The minimum absolute atomic E-state index is 0.00490. The summed E-state index contributed by atoms with van der Waals surface area (Å²) >= 11 is 0. The van der Waals surface area contributed by atoms with E-state index in [1.165, 1.54) is 10.2 Å². The normalized spacial score (nSPS) is 12.4. The maximum atomic E-state index is 12.8. The summed E-state index contributed by atoms with van der Waals surface area (Å²) in [7, 11) is -3.53. The van der Waals surface area contributed by atoms with Gasteiger partial charge in [0.2, 0.25) is 10.0 Å². The van der Waals surface area contributed by atoms with Gasteiger partial charge in [0.25, 0.3) is 0 Å². The number of pyridine rings is 1. The minimum atomic E-state index is -3.53. The third-order valence-corrected chi connectivity index (χ3v) is 5.80. The molecule has 0 saturated heterocycles. The first kappa shape index (κ1) is 19.1. The average Bonchev–Trinajstić information content (AvgIpc) is 3.18. The molecule has 3 heterocycles. The molecular formula is C19H22N4O3S. The molecule has 0 atom stereocenters. The highest BCUT2D eigenvalue weighted by atomic mass is 32.2. The molecule has 3 aromatic rings. The fourth-order valence-electron chi connectivity index (χ4n) is 2.74. The molecule has 142 valence electrons. The number of hydrogen-bond acceptors (Lipinski definition) is 5. The summed E-state index contributed by atoms with van der Waals surface area (Å²) in [6, 6.07) is 1.73. The SMILES string of the molecule is CC(C)CS(=O)(=O)n1cc(-c2cn[nH]c2)c2cc(C#CC(C)(C)O)ncc21. The molecule has 0 unspecified atom stereocenters. The lowest BCUT2D eigenvalue weighted by Crippen LogP contribution is -2.19. The van der Waals surface area contributed by atoms with Gasteiger partial charge in [-0.15, -0.1) is 0 Å². The summed E-state index contributed by atoms with van der Waals surface area (Å²) in [6.07, 6.45) is 6.45. The fraction of sp³-hybridized carbons (Fsp3) is 0.368. The van der Waals surface area contributed by atoms with Crippen LogP contribution in [0.5, 0.6) is 0 Å². The van der Waals surface area contributed by atoms with Crippen LogP contribution in [0.3, 0.4) is 0 Å². The van der Waals surface area contributed by atoms with Crippen LogP contribution in [-0.2, 0) is 10.0 Å². The summed E-state index contributed by atoms with van der Waals surface area (Å²) in [5.74, 6) is 5.58. The molecule has 8 heteroatoms. The van der Waals surface area contributed by atoms with Gasteiger partial charge in [-0.25, -0.2) is 17.4 Å². The van der Waals surface area contributed by atoms with Gasteiger partial charge in [0, 0.05) is 28.9 Å². The Labute approximate surface area is 158 Å². The molecule has 0 aliphatic heterocycles. The molecule has 0 aromatic carbocycles. The summed E-state index contributed by atoms with van der Waals surface area (Å²) in [4.78, 5) is 4.26. The van der Waals surface area contributed by atoms with Gasteiger partial charge in [0.05, 0.1) is 23.7 Å². The van der Waals surface area contributed by atoms with Crippen LogP contribution in [0.2, 0.25) is 0 Å². The van der Waals surface area contributed by atoms with E-state index in [4.69, 9.17) is 0 Å². The number of fused-ring (bicyclic) bond motifs is 1. The lowest BCUT2D eigenvalue weighted by atomic mass is 10.1. The van der Waals surface area contributed by atoms with E-state index < -0.39 is 15.6 Å². The molecule has 0 bridgehead atoms. The van der Waals surface area contributed by atoms with Crippen LogP contribution in [0.15, 0.2) is 30.9 Å². The van der Waals surface area contributed by atoms with Crippen LogP contribution in [-0.4, -0.2) is 44.0 Å². The highest BCUT2D eigenvalue weighted by Crippen LogP contribution is 2.31. The number of hydrogen-bond donors (Lipinski definition) is 2. The van der Waals surface area contributed by atoms with Crippen LogP contribution in [0.4, 0.5) is 0 Å². The van der Waals surface area contributed by atoms with Gasteiger partial charge in [-0.1, -0.05) is 19.8 Å². The van der Waals surface area contributed by atoms with E-state index in [-0.39, 0.29) is 11.7 Å². The second kappa shape index (κ2) is 6.83. The van der Waals surface area contributed by atoms with E-state index in [1.54, 1.807) is 38.5 Å². The van der Waals surface area contributed by atoms with Crippen LogP contribution in [0.1, 0.15) is 33.4 Å². The molecule has 0 aliphatic rings. The van der Waals surface area contributed by atoms with Crippen molar-refractivity contribution in [3.8, 4) is 23.0 Å². The smallest absolute Gasteiger partial charge is 0.239 e. The van der Waals surface area contributed by atoms with E-state index in [2.05, 4.69) is 27.0 Å². The van der Waals surface area contributed by atoms with Crippen molar-refractivity contribution in [3.63, 3.8) is 0 Å². The molecule has 3 aromatic heterocycles. The number of aliphatic hydroxyl groups is 1. The van der Waals surface area contributed by atoms with Crippen molar-refractivity contribution in [3.05, 3.63) is 36.5 Å². The zero-order valence-electron chi connectivity index (χ0n) is 15.7. The second-order valence-corrected chi connectivity index (χ2v) is 9.28. The first-order chi connectivity index (χ1) is 12.6. The van der Waals surface area contributed by atoms with Gasteiger partial charge in [-0.2, -0.15) is 5.10 Å². The van der Waals surface area contributed by atoms with Crippen molar-refractivity contribution in [2.45, 2.75) is 33.3 Å². The largest absolute Gasteiger partial charge is 0.378 e. The Kier molecular flexibility index (Phi) is 4.84. The summed E-state index contributed by atoms with van der Waals surface area (Å²) < 4.78 is 26.9. The van der Waals surface area contributed by atoms with Crippen molar-refractivity contribution in [1.29, 1.82) is 0 Å². The molecule has 3 rings (SSSR count). The van der Waals surface area contributed by atoms with E-state index in [0.717, 1.165) is 11.1 Å². The molecular weight excluding hydrogens is 364 g/mol. The molecule has 0 radical (unpaired) electrons. The topological polar surface area (TPSA) is 101 Å². The first-order valence-electron chi connectivity index (χ1n) is 8.56. The minimum Gasteiger partial charge on any atom is -0.378 e. The van der Waals surface area contributed by atoms with Gasteiger partial charge in [0.15, 0.2) is 0 Å². The van der Waals surface area contributed by atoms with Gasteiger partial charge in [-0.05, 0) is 31.8 Å². The highest BCUT2D eigenvalue weighted by Gasteiger charge is 2.22. The highest BCUT2D eigenvalue weighted by molar-refractivity contribution is 7.90. The number of nitrogens with one attached hydrogen (secondary N) is 1. The summed E-state index contributed by atoms with van der Waals surface area (Å²) in [5.41, 5.74) is 1.29. The molecule has 2 N–H and O–H groups in total. The fourth-order valence-corrected chi connectivity index (χ4v) is 4.46. The summed E-state index contributed by atoms with van der Waals surface area (Å²) in [6.45, 7) is 6.90. The maximum absolute atomic E-state index is 12.8. The third-order valence-electron chi connectivity index (χ3n) is 3.81. The Hall–Kier alpha value is -2.63. The standard InChI is InChI=1S/C19H22N4O3S/c1-13(2)12-27(25,26)23-11-17(14-8-21-22-9-14)16-7-15(20-10-18(16)23)5-6-19(3,4)24/h7-11,13,24H,12H2,1-4H3,(H,21,22). The van der Waals surface area contributed by atoms with Crippen LogP contribution < -0.4 is 0 Å². The molecule has 0 spiro atoms. The van der Waals surface area contributed by atoms with Gasteiger partial charge < -0.3 is 5.11 Å². The van der Waals surface area contributed by atoms with Crippen molar-refractivity contribution in [2.75, 3.05) is 5.75 Å². The maximum Gasteiger partial charge on any atom is 0.239 e. The van der Waals surface area contributed by atoms with E-state index >= 15 is 0 Å². The van der Waals surface area contributed by atoms with Crippen molar-refractivity contribution < 1.29 is 13.5 Å². The molecule has 0 saturated carbocycles. The molecule has 0 fully saturated rings. The predicted molar refractivity (Wildman–Crippen MR) is 105 cm³/mol. The molecule has 0 amide bonds. The number of nitrogens with zero attached hydrogens (tertiary/aromatic N) is 3. The Morgan fingerprint density at radius 1 is 1.33 bits per heavy atom. The van der Waals surface area contributed by atoms with E-state index in [0.29, 0.717) is 16.6 Å². The van der Waals surface area contributed by atoms with Crippen LogP contribution >= 0.6 is 0 Å². The lowest BCUT2D eigenvalue weighted by molar-refractivity contribution is 0.143. The lowest BCUT2D eigenvalue weighted by Gasteiger charge is -2.09. The molecule has 0 aliphatic carbocycles. The number of aromatic amines is 1. The zero-order chi connectivity index (χ0) is 19.8. The van der Waals surface area contributed by atoms with Crippen LogP contribution in [0, 0.1) is 17.8 Å². The number of H-pyrrole nitrogens is 1. The number of rotatable bonds is 4. The Morgan fingerprint density at radius 2 is 2.07 bits per heavy atom. The van der Waals surface area contributed by atoms with Gasteiger partial charge >= 0.3 is 0 Å². The Morgan fingerprint density at radius 3 is 2.67 bits per heavy atom. The first-order valence-corrected chi connectivity index (χ1v) is 10.2. The quantitative estimate of drug-likeness (QED) is 0.671.